The Kier molecular flexibility index (Phi) is 4.61. The fourth-order valence-electron chi connectivity index (χ4n) is 2.62. The monoisotopic (exact) mass is 334 g/mol. The predicted molar refractivity (Wildman–Crippen MR) is 94.4 cm³/mol. The molecule has 0 radical (unpaired) electrons. The van der Waals surface area contributed by atoms with Crippen molar-refractivity contribution >= 4 is 11.8 Å². The summed E-state index contributed by atoms with van der Waals surface area (Å²) < 4.78 is 1.76. The third-order valence-electron chi connectivity index (χ3n) is 3.93. The number of carbonyl (C=O) groups is 2. The lowest BCUT2D eigenvalue weighted by atomic mass is 10.0. The van der Waals surface area contributed by atoms with E-state index in [2.05, 4.69) is 10.4 Å². The molecule has 1 atom stereocenters. The molecule has 6 nitrogen and oxygen atoms in total. The normalized spacial score (nSPS) is 11.7. The van der Waals surface area contributed by atoms with E-state index in [0.29, 0.717) is 11.1 Å². The molecule has 3 N–H and O–H groups in total. The third kappa shape index (κ3) is 3.58. The van der Waals surface area contributed by atoms with Gasteiger partial charge in [-0.1, -0.05) is 18.2 Å². The smallest absolute Gasteiger partial charge is 0.251 e. The largest absolute Gasteiger partial charge is 0.366 e. The highest BCUT2D eigenvalue weighted by molar-refractivity contribution is 5.97. The summed E-state index contributed by atoms with van der Waals surface area (Å²) in [5.74, 6) is -0.743. The lowest BCUT2D eigenvalue weighted by Gasteiger charge is -2.18. The van der Waals surface area contributed by atoms with Crippen LogP contribution in [0.15, 0.2) is 67.0 Å². The molecule has 25 heavy (non-hydrogen) atoms. The van der Waals surface area contributed by atoms with Crippen molar-refractivity contribution in [1.82, 2.24) is 15.1 Å². The molecule has 0 spiro atoms. The minimum atomic E-state index is -0.520. The van der Waals surface area contributed by atoms with Crippen LogP contribution < -0.4 is 11.1 Å². The van der Waals surface area contributed by atoms with Gasteiger partial charge in [-0.15, -0.1) is 0 Å². The Morgan fingerprint density at radius 1 is 1.04 bits per heavy atom. The van der Waals surface area contributed by atoms with Gasteiger partial charge in [-0.25, -0.2) is 4.68 Å². The number of aromatic nitrogens is 2. The van der Waals surface area contributed by atoms with Gasteiger partial charge in [-0.05, 0) is 48.9 Å². The van der Waals surface area contributed by atoms with Crippen molar-refractivity contribution in [2.45, 2.75) is 13.0 Å². The number of hydrogen-bond acceptors (Lipinski definition) is 3. The van der Waals surface area contributed by atoms with Gasteiger partial charge in [-0.2, -0.15) is 5.10 Å². The number of para-hydroxylation sites is 1. The number of carbonyl (C=O) groups excluding carboxylic acids is 2. The van der Waals surface area contributed by atoms with E-state index in [4.69, 9.17) is 5.73 Å². The Hall–Kier alpha value is -3.41. The molecular formula is C19H18N4O2. The number of primary amides is 1. The molecule has 0 saturated carbocycles. The summed E-state index contributed by atoms with van der Waals surface area (Å²) in [5.41, 5.74) is 7.91. The van der Waals surface area contributed by atoms with Gasteiger partial charge < -0.3 is 11.1 Å². The van der Waals surface area contributed by atoms with Crippen molar-refractivity contribution in [2.75, 3.05) is 0 Å². The Balaban J connectivity index is 1.79. The summed E-state index contributed by atoms with van der Waals surface area (Å²) >= 11 is 0. The topological polar surface area (TPSA) is 90.0 Å². The lowest BCUT2D eigenvalue weighted by Crippen LogP contribution is -2.27. The molecule has 3 aromatic rings. The van der Waals surface area contributed by atoms with Gasteiger partial charge in [0, 0.05) is 23.5 Å². The van der Waals surface area contributed by atoms with E-state index in [9.17, 15) is 9.59 Å². The summed E-state index contributed by atoms with van der Waals surface area (Å²) in [7, 11) is 0. The molecule has 1 aromatic heterocycles. The van der Waals surface area contributed by atoms with E-state index in [0.717, 1.165) is 11.3 Å². The van der Waals surface area contributed by atoms with Crippen molar-refractivity contribution in [3.8, 4) is 5.69 Å². The highest BCUT2D eigenvalue weighted by atomic mass is 16.2. The molecule has 0 aliphatic rings. The van der Waals surface area contributed by atoms with E-state index < -0.39 is 5.91 Å². The molecule has 0 aliphatic heterocycles. The Bertz CT molecular complexity index is 886. The predicted octanol–water partition coefficient (Wildman–Crippen LogP) is 2.46. The first-order chi connectivity index (χ1) is 12.1. The number of nitrogens with two attached hydrogens (primary N) is 1. The van der Waals surface area contributed by atoms with Crippen LogP contribution in [0.3, 0.4) is 0 Å². The number of nitrogens with one attached hydrogen (secondary N) is 1. The van der Waals surface area contributed by atoms with Gasteiger partial charge in [0.1, 0.15) is 0 Å². The molecule has 0 bridgehead atoms. The maximum absolute atomic E-state index is 12.5. The Labute approximate surface area is 145 Å². The maximum atomic E-state index is 12.5. The van der Waals surface area contributed by atoms with Crippen molar-refractivity contribution < 1.29 is 9.59 Å². The summed E-state index contributed by atoms with van der Waals surface area (Å²) in [5, 5.41) is 7.22. The molecule has 0 unspecified atom stereocenters. The van der Waals surface area contributed by atoms with Gasteiger partial charge >= 0.3 is 0 Å². The highest BCUT2D eigenvalue weighted by Crippen LogP contribution is 2.21. The van der Waals surface area contributed by atoms with Crippen LogP contribution in [0.2, 0.25) is 0 Å². The molecule has 2 amide bonds. The minimum absolute atomic E-state index is 0.219. The zero-order valence-electron chi connectivity index (χ0n) is 13.7. The summed E-state index contributed by atoms with van der Waals surface area (Å²) in [6.07, 6.45) is 3.57. The molecule has 6 heteroatoms. The molecule has 1 heterocycles. The Morgan fingerprint density at radius 3 is 2.36 bits per heavy atom. The van der Waals surface area contributed by atoms with Crippen LogP contribution in [0.25, 0.3) is 5.69 Å². The highest BCUT2D eigenvalue weighted by Gasteiger charge is 2.15. The van der Waals surface area contributed by atoms with Crippen molar-refractivity contribution in [3.05, 3.63) is 83.7 Å². The van der Waals surface area contributed by atoms with Gasteiger partial charge in [0.2, 0.25) is 5.91 Å². The number of nitrogens with zero attached hydrogens (tertiary/aromatic N) is 2. The number of amides is 2. The number of benzene rings is 2. The summed E-state index contributed by atoms with van der Waals surface area (Å²) in [6.45, 7) is 1.91. The van der Waals surface area contributed by atoms with Crippen molar-refractivity contribution in [3.63, 3.8) is 0 Å². The summed E-state index contributed by atoms with van der Waals surface area (Å²) in [6, 6.07) is 15.6. The molecule has 2 aromatic carbocycles. The molecule has 0 saturated heterocycles. The fraction of sp³-hybridized carbons (Fsp3) is 0.105. The van der Waals surface area contributed by atoms with Crippen LogP contribution in [0.4, 0.5) is 0 Å². The van der Waals surface area contributed by atoms with Gasteiger partial charge in [0.05, 0.1) is 11.7 Å². The molecule has 0 fully saturated rings. The molecule has 3 rings (SSSR count). The van der Waals surface area contributed by atoms with E-state index in [-0.39, 0.29) is 11.9 Å². The zero-order chi connectivity index (χ0) is 17.8. The fourth-order valence-corrected chi connectivity index (χ4v) is 2.62. The van der Waals surface area contributed by atoms with Crippen LogP contribution in [0.5, 0.6) is 0 Å². The molecular weight excluding hydrogens is 316 g/mol. The van der Waals surface area contributed by atoms with Crippen LogP contribution >= 0.6 is 0 Å². The quantitative estimate of drug-likeness (QED) is 0.751. The third-order valence-corrected chi connectivity index (χ3v) is 3.93. The van der Waals surface area contributed by atoms with E-state index >= 15 is 0 Å². The summed E-state index contributed by atoms with van der Waals surface area (Å²) in [4.78, 5) is 23.6. The first-order valence-electron chi connectivity index (χ1n) is 7.86. The SMILES string of the molecule is C[C@@H](NC(=O)c1ccc(C(N)=O)cc1)c1ccccc1-n1cccn1. The first kappa shape index (κ1) is 16.4. The number of rotatable bonds is 5. The van der Waals surface area contributed by atoms with Crippen LogP contribution in [0, 0.1) is 0 Å². The molecule has 0 aliphatic carbocycles. The zero-order valence-corrected chi connectivity index (χ0v) is 13.7. The second-order valence-electron chi connectivity index (χ2n) is 5.65. The Morgan fingerprint density at radius 2 is 1.72 bits per heavy atom. The van der Waals surface area contributed by atoms with Crippen LogP contribution in [0.1, 0.15) is 39.2 Å². The second-order valence-corrected chi connectivity index (χ2v) is 5.65. The van der Waals surface area contributed by atoms with Gasteiger partial charge in [0.25, 0.3) is 5.91 Å². The van der Waals surface area contributed by atoms with Crippen molar-refractivity contribution in [2.24, 2.45) is 5.73 Å². The lowest BCUT2D eigenvalue weighted by molar-refractivity contribution is 0.0937. The molecule has 126 valence electrons. The van der Waals surface area contributed by atoms with E-state index in [1.165, 1.54) is 0 Å². The number of hydrogen-bond donors (Lipinski definition) is 2. The standard InChI is InChI=1S/C19H18N4O2/c1-13(16-5-2-3-6-17(16)23-12-4-11-21-23)22-19(25)15-9-7-14(8-10-15)18(20)24/h2-13H,1H3,(H2,20,24)(H,22,25)/t13-/m1/s1. The second kappa shape index (κ2) is 7.00. The van der Waals surface area contributed by atoms with Gasteiger partial charge in [-0.3, -0.25) is 9.59 Å². The van der Waals surface area contributed by atoms with E-state index in [1.807, 2.05) is 43.5 Å². The first-order valence-corrected chi connectivity index (χ1v) is 7.86. The average Bonchev–Trinajstić information content (AvgIpc) is 3.16. The van der Waals surface area contributed by atoms with Crippen molar-refractivity contribution in [1.29, 1.82) is 0 Å². The van der Waals surface area contributed by atoms with E-state index in [1.54, 1.807) is 35.1 Å². The van der Waals surface area contributed by atoms with Crippen LogP contribution in [-0.2, 0) is 0 Å². The minimum Gasteiger partial charge on any atom is -0.366 e. The van der Waals surface area contributed by atoms with Gasteiger partial charge in [0.15, 0.2) is 0 Å². The average molecular weight is 334 g/mol. The maximum Gasteiger partial charge on any atom is 0.251 e. The van der Waals surface area contributed by atoms with Crippen LogP contribution in [-0.4, -0.2) is 21.6 Å².